The monoisotopic (exact) mass is 1380 g/mol. The molecule has 0 radical (unpaired) electrons. The first-order valence-electron chi connectivity index (χ1n) is 36.9. The molecule has 106 heavy (non-hydrogen) atoms. The minimum atomic E-state index is -0.212. The molecule has 0 atom stereocenters. The Bertz CT molecular complexity index is 5750. The van der Waals surface area contributed by atoms with E-state index < -0.39 is 0 Å². The lowest BCUT2D eigenvalue weighted by atomic mass is 9.31. The molecular weight excluding hydrogens is 1300 g/mol. The Balaban J connectivity index is 0.909. The van der Waals surface area contributed by atoms with Crippen molar-refractivity contribution in [2.45, 2.75) is 62.2 Å². The van der Waals surface area contributed by atoms with Gasteiger partial charge in [0.15, 0.2) is 0 Å². The van der Waals surface area contributed by atoms with Crippen molar-refractivity contribution in [3.63, 3.8) is 0 Å². The van der Waals surface area contributed by atoms with Gasteiger partial charge in [0.05, 0.1) is 22.7 Å². The maximum atomic E-state index is 7.39. The standard InChI is InChI=1S/C98H76B2N4OS/c1-97(2,3)70-53-47-68(48-54-70)79-40-28-41-80(69-49-55-71(56-50-69)98(4,5)6)96(79)104-87-64-92-84(63-83(87)99-81-42-23-26-45-86(81)103(74-37-20-11-21-38-74)88-59-76(60-89(104)94(88)99)101(72-33-16-9-17-34-72)73-35-18-10-19-36-73)100-82-43-24-27-46-90(82)105-91-61-77(62-93(106-92)95(91)100)102(75-57-51-66(52-58-75)65-29-12-7-13-30-65)85-44-25-22-39-78(85)67-31-14-8-15-32-67/h7-64H,1-6H3. The maximum Gasteiger partial charge on any atom is 0.253 e. The molecule has 0 saturated carbocycles. The second kappa shape index (κ2) is 25.9. The normalized spacial score (nSPS) is 13.0. The van der Waals surface area contributed by atoms with Gasteiger partial charge in [-0.05, 0) is 168 Å². The van der Waals surface area contributed by atoms with Gasteiger partial charge in [0.1, 0.15) is 11.5 Å². The van der Waals surface area contributed by atoms with Crippen LogP contribution < -0.4 is 57.1 Å². The van der Waals surface area contributed by atoms with Gasteiger partial charge >= 0.3 is 0 Å². The van der Waals surface area contributed by atoms with Crippen LogP contribution in [0.5, 0.6) is 11.5 Å². The lowest BCUT2D eigenvalue weighted by Gasteiger charge is -2.46. The lowest BCUT2D eigenvalue weighted by Crippen LogP contribution is -2.64. The summed E-state index contributed by atoms with van der Waals surface area (Å²) < 4.78 is 7.39. The van der Waals surface area contributed by atoms with Crippen molar-refractivity contribution in [3.8, 4) is 56.0 Å². The molecular formula is C98H76B2N4OS. The minimum Gasteiger partial charge on any atom is -0.458 e. The van der Waals surface area contributed by atoms with Crippen LogP contribution in [-0.4, -0.2) is 13.4 Å². The number of anilines is 12. The second-order valence-electron chi connectivity index (χ2n) is 30.4. The summed E-state index contributed by atoms with van der Waals surface area (Å²) in [5, 5.41) is 0. The van der Waals surface area contributed by atoms with Gasteiger partial charge in [0.2, 0.25) is 0 Å². The molecule has 0 aromatic heterocycles. The number of para-hydroxylation sites is 7. The highest BCUT2D eigenvalue weighted by Crippen LogP contribution is 2.54. The topological polar surface area (TPSA) is 22.2 Å². The molecule has 15 aromatic rings. The molecule has 0 fully saturated rings. The van der Waals surface area contributed by atoms with Crippen LogP contribution >= 0.6 is 11.8 Å². The third-order valence-electron chi connectivity index (χ3n) is 21.9. The number of ether oxygens (including phenoxy) is 1. The van der Waals surface area contributed by atoms with Crippen molar-refractivity contribution in [1.82, 2.24) is 0 Å². The van der Waals surface area contributed by atoms with E-state index >= 15 is 0 Å². The van der Waals surface area contributed by atoms with Gasteiger partial charge in [-0.25, -0.2) is 0 Å². The predicted molar refractivity (Wildman–Crippen MR) is 451 cm³/mol. The second-order valence-corrected chi connectivity index (χ2v) is 31.5. The average Bonchev–Trinajstić information content (AvgIpc) is 0.687. The highest BCUT2D eigenvalue weighted by atomic mass is 32.2. The Hall–Kier alpha value is -12.2. The van der Waals surface area contributed by atoms with Crippen molar-refractivity contribution >= 4 is 126 Å². The van der Waals surface area contributed by atoms with E-state index in [-0.39, 0.29) is 24.3 Å². The summed E-state index contributed by atoms with van der Waals surface area (Å²) in [6.07, 6.45) is 0. The minimum absolute atomic E-state index is 0.0520. The Morgan fingerprint density at radius 1 is 0.292 bits per heavy atom. The third-order valence-corrected chi connectivity index (χ3v) is 23.0. The largest absolute Gasteiger partial charge is 0.458 e. The summed E-state index contributed by atoms with van der Waals surface area (Å²) in [6.45, 7) is 13.5. The zero-order valence-corrected chi connectivity index (χ0v) is 61.1. The SMILES string of the molecule is CC(C)(C)c1ccc(-c2cccc(-c3ccc(C(C)(C)C)cc3)c2N2c3cc4c(cc3B3c5ccccc5N(c5ccccc5)c5cc(N(c6ccccc6)c6ccccc6)cc2c53)B2c3ccccc3Oc3cc(N(c5ccc(-c6ccccc6)cc5)c5ccccc5-c5ccccc5)cc(c32)S4)cc1. The number of rotatable bonds is 12. The number of nitrogens with zero attached hydrogens (tertiary/aromatic N) is 4. The van der Waals surface area contributed by atoms with E-state index in [2.05, 4.69) is 413 Å². The summed E-state index contributed by atoms with van der Waals surface area (Å²) >= 11 is 1.87. The summed E-state index contributed by atoms with van der Waals surface area (Å²) in [6, 6.07) is 131. The Morgan fingerprint density at radius 2 is 0.764 bits per heavy atom. The highest BCUT2D eigenvalue weighted by Gasteiger charge is 2.48. The summed E-state index contributed by atoms with van der Waals surface area (Å²) in [5.74, 6) is 1.72. The number of hydrogen-bond donors (Lipinski definition) is 0. The maximum absolute atomic E-state index is 7.39. The summed E-state index contributed by atoms with van der Waals surface area (Å²) in [7, 11) is 0. The summed E-state index contributed by atoms with van der Waals surface area (Å²) in [5.41, 5.74) is 31.9. The molecule has 19 rings (SSSR count). The molecule has 0 spiro atoms. The lowest BCUT2D eigenvalue weighted by molar-refractivity contribution is 0.486. The first-order valence-corrected chi connectivity index (χ1v) is 37.8. The van der Waals surface area contributed by atoms with E-state index in [1.807, 2.05) is 11.8 Å². The molecule has 506 valence electrons. The number of benzene rings is 15. The van der Waals surface area contributed by atoms with Crippen molar-refractivity contribution in [2.24, 2.45) is 0 Å². The van der Waals surface area contributed by atoms with Crippen LogP contribution in [-0.2, 0) is 10.8 Å². The van der Waals surface area contributed by atoms with Crippen LogP contribution in [0.4, 0.5) is 68.2 Å². The van der Waals surface area contributed by atoms with E-state index in [1.54, 1.807) is 0 Å². The van der Waals surface area contributed by atoms with Crippen LogP contribution in [0.15, 0.2) is 362 Å². The van der Waals surface area contributed by atoms with E-state index in [1.165, 1.54) is 48.9 Å². The van der Waals surface area contributed by atoms with Crippen molar-refractivity contribution < 1.29 is 4.74 Å². The zero-order valence-electron chi connectivity index (χ0n) is 60.2. The van der Waals surface area contributed by atoms with Gasteiger partial charge in [-0.15, -0.1) is 0 Å². The van der Waals surface area contributed by atoms with Crippen molar-refractivity contribution in [2.75, 3.05) is 19.6 Å². The predicted octanol–water partition coefficient (Wildman–Crippen LogP) is 23.1. The van der Waals surface area contributed by atoms with Gasteiger partial charge < -0.3 is 24.3 Å². The fourth-order valence-electron chi connectivity index (χ4n) is 16.8. The molecule has 4 aliphatic heterocycles. The molecule has 0 N–H and O–H groups in total. The Labute approximate surface area is 627 Å². The molecule has 0 bridgehead atoms. The molecule has 4 heterocycles. The zero-order chi connectivity index (χ0) is 71.4. The van der Waals surface area contributed by atoms with Gasteiger partial charge in [-0.1, -0.05) is 314 Å². The first-order chi connectivity index (χ1) is 51.9. The molecule has 5 nitrogen and oxygen atoms in total. The van der Waals surface area contributed by atoms with Gasteiger partial charge in [0, 0.05) is 78.0 Å². The molecule has 0 amide bonds. The average molecular weight is 1380 g/mol. The van der Waals surface area contributed by atoms with Crippen LogP contribution in [0.1, 0.15) is 52.7 Å². The Kier molecular flexibility index (Phi) is 15.8. The number of hydrogen-bond acceptors (Lipinski definition) is 6. The van der Waals surface area contributed by atoms with Crippen LogP contribution in [0.25, 0.3) is 44.5 Å². The van der Waals surface area contributed by atoms with Crippen molar-refractivity contribution in [1.29, 1.82) is 0 Å². The fraction of sp³-hybridized carbons (Fsp3) is 0.0816. The molecule has 0 saturated heterocycles. The molecule has 15 aromatic carbocycles. The molecule has 0 unspecified atom stereocenters. The van der Waals surface area contributed by atoms with E-state index in [9.17, 15) is 0 Å². The third kappa shape index (κ3) is 11.1. The quantitative estimate of drug-likeness (QED) is 0.113. The number of fused-ring (bicyclic) bond motifs is 8. The van der Waals surface area contributed by atoms with E-state index in [0.717, 1.165) is 129 Å². The van der Waals surface area contributed by atoms with E-state index in [0.29, 0.717) is 0 Å². The van der Waals surface area contributed by atoms with Crippen LogP contribution in [0.2, 0.25) is 0 Å². The van der Waals surface area contributed by atoms with Crippen molar-refractivity contribution in [3.05, 3.63) is 363 Å². The summed E-state index contributed by atoms with van der Waals surface area (Å²) in [4.78, 5) is 12.5. The van der Waals surface area contributed by atoms with E-state index in [4.69, 9.17) is 4.74 Å². The first kappa shape index (κ1) is 64.6. The van der Waals surface area contributed by atoms with Crippen LogP contribution in [0.3, 0.4) is 0 Å². The molecule has 8 heteroatoms. The molecule has 0 aliphatic carbocycles. The van der Waals surface area contributed by atoms with Gasteiger partial charge in [-0.2, -0.15) is 0 Å². The fourth-order valence-corrected chi connectivity index (χ4v) is 18.0. The molecule has 4 aliphatic rings. The van der Waals surface area contributed by atoms with Gasteiger partial charge in [-0.3, -0.25) is 0 Å². The Morgan fingerprint density at radius 3 is 1.39 bits per heavy atom. The van der Waals surface area contributed by atoms with Crippen LogP contribution in [0, 0.1) is 0 Å². The highest BCUT2D eigenvalue weighted by molar-refractivity contribution is 8.00. The van der Waals surface area contributed by atoms with Gasteiger partial charge in [0.25, 0.3) is 13.4 Å². The smallest absolute Gasteiger partial charge is 0.253 e.